The van der Waals surface area contributed by atoms with Gasteiger partial charge in [0.05, 0.1) is 45.7 Å². The fourth-order valence-electron chi connectivity index (χ4n) is 6.20. The zero-order valence-corrected chi connectivity index (χ0v) is 23.9. The van der Waals surface area contributed by atoms with Gasteiger partial charge in [-0.25, -0.2) is 9.59 Å². The van der Waals surface area contributed by atoms with Crippen LogP contribution >= 0.6 is 0 Å². The molecule has 3 aliphatic rings. The highest BCUT2D eigenvalue weighted by atomic mass is 16.4. The summed E-state index contributed by atoms with van der Waals surface area (Å²) >= 11 is 0. The van der Waals surface area contributed by atoms with Crippen molar-refractivity contribution in [2.45, 2.75) is 12.1 Å². The molecule has 8 nitrogen and oxygen atoms in total. The highest BCUT2D eigenvalue weighted by Crippen LogP contribution is 2.35. The number of fused-ring (bicyclic) bond motifs is 3. The summed E-state index contributed by atoms with van der Waals surface area (Å²) in [5.74, 6) is -2.07. The Bertz CT molecular complexity index is 2030. The van der Waals surface area contributed by atoms with E-state index in [1.165, 1.54) is 11.5 Å². The van der Waals surface area contributed by atoms with Gasteiger partial charge in [-0.3, -0.25) is 0 Å². The number of hydrogen-bond acceptors (Lipinski definition) is 5. The van der Waals surface area contributed by atoms with Gasteiger partial charge in [-0.05, 0) is 72.0 Å². The molecule has 44 heavy (non-hydrogen) atoms. The lowest BCUT2D eigenvalue weighted by atomic mass is 9.92. The molecule has 4 N–H and O–H groups in total. The van der Waals surface area contributed by atoms with E-state index in [9.17, 15) is 19.8 Å². The number of dihydropyridines is 2. The summed E-state index contributed by atoms with van der Waals surface area (Å²) in [7, 11) is 1.96. The monoisotopic (exact) mass is 582 g/mol. The maximum atomic E-state index is 12.2. The highest BCUT2D eigenvalue weighted by molar-refractivity contribution is 6.10. The topological polar surface area (TPSA) is 107 Å². The lowest BCUT2D eigenvalue weighted by Crippen LogP contribution is -2.48. The molecule has 0 aliphatic carbocycles. The van der Waals surface area contributed by atoms with Crippen LogP contribution in [0.1, 0.15) is 5.56 Å². The Morgan fingerprint density at radius 2 is 1.55 bits per heavy atom. The molecule has 0 fully saturated rings. The van der Waals surface area contributed by atoms with E-state index in [2.05, 4.69) is 82.0 Å². The number of aliphatic carboxylic acids is 2. The van der Waals surface area contributed by atoms with Gasteiger partial charge in [-0.2, -0.15) is 0 Å². The molecule has 4 aromatic rings. The van der Waals surface area contributed by atoms with Gasteiger partial charge in [0.1, 0.15) is 0 Å². The SMILES string of the molecule is CN1C=CC(c2ccc3c(c2)c2ccccc2n3-c2ccccc2)=CC1C1C=C(C(=O)O)C=C(C2=CC(C(=O)O)=CCN2)N1. The van der Waals surface area contributed by atoms with E-state index in [0.717, 1.165) is 33.2 Å². The zero-order valence-electron chi connectivity index (χ0n) is 23.9. The van der Waals surface area contributed by atoms with E-state index < -0.39 is 18.0 Å². The average Bonchev–Trinajstić information content (AvgIpc) is 3.39. The van der Waals surface area contributed by atoms with Gasteiger partial charge in [-0.15, -0.1) is 0 Å². The van der Waals surface area contributed by atoms with Crippen molar-refractivity contribution < 1.29 is 19.8 Å². The molecule has 0 bridgehead atoms. The predicted molar refractivity (Wildman–Crippen MR) is 172 cm³/mol. The quantitative estimate of drug-likeness (QED) is 0.243. The lowest BCUT2D eigenvalue weighted by Gasteiger charge is -2.37. The molecular weight excluding hydrogens is 552 g/mol. The second-order valence-corrected chi connectivity index (χ2v) is 11.1. The van der Waals surface area contributed by atoms with Crippen LogP contribution in [0.4, 0.5) is 0 Å². The van der Waals surface area contributed by atoms with Crippen LogP contribution < -0.4 is 10.6 Å². The van der Waals surface area contributed by atoms with Crippen molar-refractivity contribution in [3.05, 3.63) is 144 Å². The normalized spacial score (nSPS) is 19.8. The number of carboxylic acid groups (broad SMARTS) is 2. The first-order valence-corrected chi connectivity index (χ1v) is 14.4. The molecule has 2 atom stereocenters. The lowest BCUT2D eigenvalue weighted by molar-refractivity contribution is -0.133. The number of allylic oxidation sites excluding steroid dienone is 2. The first-order chi connectivity index (χ1) is 21.4. The molecule has 1 aromatic heterocycles. The number of aromatic nitrogens is 1. The predicted octanol–water partition coefficient (Wildman–Crippen LogP) is 5.36. The molecule has 0 spiro atoms. The van der Waals surface area contributed by atoms with Gasteiger partial charge in [0.15, 0.2) is 0 Å². The Hall–Kier alpha value is -5.76. The minimum absolute atomic E-state index is 0.144. The van der Waals surface area contributed by atoms with E-state index >= 15 is 0 Å². The molecule has 2 unspecified atom stereocenters. The molecule has 7 rings (SSSR count). The Morgan fingerprint density at radius 1 is 0.818 bits per heavy atom. The molecule has 3 aromatic carbocycles. The molecular formula is C36H30N4O4. The Labute approximate surface area is 253 Å². The first kappa shape index (κ1) is 27.1. The van der Waals surface area contributed by atoms with Crippen molar-refractivity contribution >= 4 is 39.3 Å². The Kier molecular flexibility index (Phi) is 6.66. The van der Waals surface area contributed by atoms with Crippen LogP contribution in [0.15, 0.2) is 138 Å². The van der Waals surface area contributed by atoms with Gasteiger partial charge < -0.3 is 30.3 Å². The van der Waals surface area contributed by atoms with Crippen LogP contribution in [0.5, 0.6) is 0 Å². The minimum Gasteiger partial charge on any atom is -0.478 e. The van der Waals surface area contributed by atoms with Gasteiger partial charge in [-0.1, -0.05) is 54.6 Å². The van der Waals surface area contributed by atoms with E-state index in [-0.39, 0.29) is 17.2 Å². The number of hydrogen-bond donors (Lipinski definition) is 4. The molecule has 0 radical (unpaired) electrons. The van der Waals surface area contributed by atoms with E-state index in [4.69, 9.17) is 0 Å². The van der Waals surface area contributed by atoms with Crippen LogP contribution in [-0.2, 0) is 9.59 Å². The van der Waals surface area contributed by atoms with E-state index in [1.54, 1.807) is 18.2 Å². The van der Waals surface area contributed by atoms with Crippen molar-refractivity contribution in [2.24, 2.45) is 0 Å². The van der Waals surface area contributed by atoms with Gasteiger partial charge in [0, 0.05) is 30.1 Å². The van der Waals surface area contributed by atoms with Gasteiger partial charge in [0.2, 0.25) is 0 Å². The summed E-state index contributed by atoms with van der Waals surface area (Å²) in [6.45, 7) is 0.336. The Morgan fingerprint density at radius 3 is 2.34 bits per heavy atom. The third-order valence-electron chi connectivity index (χ3n) is 8.38. The van der Waals surface area contributed by atoms with Crippen LogP contribution in [0.3, 0.4) is 0 Å². The number of nitrogens with one attached hydrogen (secondary N) is 2. The smallest absolute Gasteiger partial charge is 0.335 e. The molecule has 0 saturated carbocycles. The maximum absolute atomic E-state index is 12.2. The number of carbonyl (C=O) groups is 2. The largest absolute Gasteiger partial charge is 0.478 e. The van der Waals surface area contributed by atoms with Gasteiger partial charge >= 0.3 is 11.9 Å². The second kappa shape index (κ2) is 10.8. The van der Waals surface area contributed by atoms with Crippen LogP contribution in [0.2, 0.25) is 0 Å². The first-order valence-electron chi connectivity index (χ1n) is 14.4. The number of rotatable bonds is 6. The summed E-state index contributed by atoms with van der Waals surface area (Å²) in [5.41, 5.74) is 6.84. The number of likely N-dealkylation sites (N-methyl/N-ethyl adjacent to an activating group) is 1. The second-order valence-electron chi connectivity index (χ2n) is 11.1. The third kappa shape index (κ3) is 4.76. The molecule has 218 valence electrons. The summed E-state index contributed by atoms with van der Waals surface area (Å²) in [6, 6.07) is 24.7. The van der Waals surface area contributed by atoms with Crippen molar-refractivity contribution in [1.82, 2.24) is 20.1 Å². The maximum Gasteiger partial charge on any atom is 0.335 e. The average molecular weight is 583 g/mol. The number of para-hydroxylation sites is 2. The van der Waals surface area contributed by atoms with Crippen LogP contribution in [-0.4, -0.2) is 57.3 Å². The number of nitrogens with zero attached hydrogens (tertiary/aromatic N) is 2. The molecule has 3 aliphatic heterocycles. The molecule has 0 saturated heterocycles. The molecule has 8 heteroatoms. The van der Waals surface area contributed by atoms with Crippen molar-refractivity contribution in [3.8, 4) is 5.69 Å². The summed E-state index contributed by atoms with van der Waals surface area (Å²) in [6.07, 6.45) is 12.6. The summed E-state index contributed by atoms with van der Waals surface area (Å²) in [5, 5.41) is 28.4. The van der Waals surface area contributed by atoms with E-state index in [0.29, 0.717) is 17.9 Å². The van der Waals surface area contributed by atoms with Crippen molar-refractivity contribution in [3.63, 3.8) is 0 Å². The summed E-state index contributed by atoms with van der Waals surface area (Å²) in [4.78, 5) is 25.8. The van der Waals surface area contributed by atoms with Crippen LogP contribution in [0.25, 0.3) is 33.1 Å². The number of benzene rings is 3. The van der Waals surface area contributed by atoms with Crippen molar-refractivity contribution in [1.29, 1.82) is 0 Å². The third-order valence-corrected chi connectivity index (χ3v) is 8.38. The summed E-state index contributed by atoms with van der Waals surface area (Å²) < 4.78 is 2.28. The minimum atomic E-state index is -1.04. The standard InChI is InChI=1S/C36H30N4O4/c1-39-16-14-23(21-34(39)31-20-25(36(43)44)19-30(38-31)29-18-24(35(41)42)13-15-37-29)22-11-12-33-28(17-22)27-9-5-6-10-32(27)40(33)26-7-3-2-4-8-26/h2-14,16-21,31,34,37-38H,15H2,1H3,(H,41,42)(H,43,44). The Balaban J connectivity index is 1.27. The fourth-order valence-corrected chi connectivity index (χ4v) is 6.20. The van der Waals surface area contributed by atoms with Gasteiger partial charge in [0.25, 0.3) is 0 Å². The molecule has 0 amide bonds. The van der Waals surface area contributed by atoms with E-state index in [1.807, 2.05) is 36.3 Å². The fraction of sp³-hybridized carbons (Fsp3) is 0.111. The van der Waals surface area contributed by atoms with Crippen molar-refractivity contribution in [2.75, 3.05) is 13.6 Å². The molecule has 4 heterocycles. The highest BCUT2D eigenvalue weighted by Gasteiger charge is 2.30. The van der Waals surface area contributed by atoms with Crippen LogP contribution in [0, 0.1) is 0 Å². The zero-order chi connectivity index (χ0) is 30.4. The number of carboxylic acids is 2.